The zero-order valence-corrected chi connectivity index (χ0v) is 17.2. The molecule has 1 saturated carbocycles. The average molecular weight is 406 g/mol. The minimum absolute atomic E-state index is 0.0323. The molecule has 1 aliphatic rings. The lowest BCUT2D eigenvalue weighted by Gasteiger charge is -2.29. The van der Waals surface area contributed by atoms with E-state index in [1.54, 1.807) is 24.4 Å². The molecule has 1 heterocycles. The van der Waals surface area contributed by atoms with Crippen LogP contribution in [0.1, 0.15) is 77.3 Å². The number of benzene rings is 1. The van der Waals surface area contributed by atoms with Gasteiger partial charge in [0.25, 0.3) is 11.8 Å². The van der Waals surface area contributed by atoms with E-state index in [4.69, 9.17) is 10.5 Å². The molecule has 0 radical (unpaired) electrons. The van der Waals surface area contributed by atoms with E-state index in [1.165, 1.54) is 0 Å². The van der Waals surface area contributed by atoms with Crippen LogP contribution in [0.5, 0.6) is 5.88 Å². The summed E-state index contributed by atoms with van der Waals surface area (Å²) in [5.41, 5.74) is 7.61. The molecule has 1 aromatic heterocycles. The Balaban J connectivity index is 1.59. The number of aromatic nitrogens is 1. The lowest BCUT2D eigenvalue weighted by molar-refractivity contribution is 0.0881. The van der Waals surface area contributed by atoms with E-state index in [9.17, 15) is 14.9 Å². The first-order chi connectivity index (χ1) is 14.4. The number of ether oxygens (including phenoxy) is 1. The molecule has 0 aliphatic heterocycles. The van der Waals surface area contributed by atoms with E-state index in [-0.39, 0.29) is 35.4 Å². The monoisotopic (exact) mass is 406 g/mol. The maximum Gasteiger partial charge on any atom is 0.254 e. The molecule has 0 spiro atoms. The molecule has 3 N–H and O–H groups in total. The van der Waals surface area contributed by atoms with Crippen LogP contribution in [0.2, 0.25) is 0 Å². The second-order valence-corrected chi connectivity index (χ2v) is 7.90. The van der Waals surface area contributed by atoms with Gasteiger partial charge in [0, 0.05) is 17.8 Å². The summed E-state index contributed by atoms with van der Waals surface area (Å²) in [6, 6.07) is 10.7. The van der Waals surface area contributed by atoms with Crippen LogP contribution in [0.4, 0.5) is 0 Å². The molecule has 1 aliphatic carbocycles. The largest absolute Gasteiger partial charge is 0.474 e. The summed E-state index contributed by atoms with van der Waals surface area (Å²) >= 11 is 0. The Labute approximate surface area is 176 Å². The van der Waals surface area contributed by atoms with E-state index >= 15 is 0 Å². The molecular formula is C23H26N4O3. The zero-order chi connectivity index (χ0) is 21.7. The number of pyridine rings is 1. The number of nitrogens with one attached hydrogen (secondary N) is 1. The number of hydrogen-bond donors (Lipinski definition) is 2. The lowest BCUT2D eigenvalue weighted by atomic mass is 9.92. The number of carbonyl (C=O) groups excluding carboxylic acids is 2. The molecule has 0 atom stereocenters. The number of primary amides is 1. The maximum atomic E-state index is 12.7. The van der Waals surface area contributed by atoms with Gasteiger partial charge in [-0.15, -0.1) is 0 Å². The number of nitrogens with zero attached hydrogens (tertiary/aromatic N) is 2. The summed E-state index contributed by atoms with van der Waals surface area (Å²) in [6.45, 7) is 4.06. The van der Waals surface area contributed by atoms with Crippen molar-refractivity contribution < 1.29 is 14.3 Å². The van der Waals surface area contributed by atoms with Crippen LogP contribution in [-0.2, 0) is 0 Å². The van der Waals surface area contributed by atoms with Crippen molar-refractivity contribution in [1.29, 1.82) is 5.26 Å². The minimum atomic E-state index is -0.570. The molecular weight excluding hydrogens is 380 g/mol. The molecule has 7 heteroatoms. The smallest absolute Gasteiger partial charge is 0.254 e. The van der Waals surface area contributed by atoms with Gasteiger partial charge < -0.3 is 15.8 Å². The van der Waals surface area contributed by atoms with Crippen LogP contribution in [0.15, 0.2) is 36.5 Å². The number of nitriles is 1. The van der Waals surface area contributed by atoms with Crippen molar-refractivity contribution in [3.63, 3.8) is 0 Å². The van der Waals surface area contributed by atoms with Crippen LogP contribution in [0.3, 0.4) is 0 Å². The Kier molecular flexibility index (Phi) is 6.68. The number of rotatable bonds is 6. The van der Waals surface area contributed by atoms with Crippen molar-refractivity contribution in [2.75, 3.05) is 0 Å². The summed E-state index contributed by atoms with van der Waals surface area (Å²) < 4.78 is 5.90. The van der Waals surface area contributed by atoms with Gasteiger partial charge in [0.2, 0.25) is 5.88 Å². The molecule has 0 unspecified atom stereocenters. The van der Waals surface area contributed by atoms with E-state index in [0.29, 0.717) is 11.1 Å². The highest BCUT2D eigenvalue weighted by molar-refractivity contribution is 5.95. The fourth-order valence-corrected chi connectivity index (χ4v) is 3.60. The topological polar surface area (TPSA) is 118 Å². The Hall–Kier alpha value is -3.40. The van der Waals surface area contributed by atoms with Gasteiger partial charge in [-0.1, -0.05) is 13.8 Å². The second-order valence-electron chi connectivity index (χ2n) is 7.90. The molecule has 1 aromatic carbocycles. The minimum Gasteiger partial charge on any atom is -0.474 e. The summed E-state index contributed by atoms with van der Waals surface area (Å²) in [6.07, 6.45) is 4.45. The van der Waals surface area contributed by atoms with E-state index in [0.717, 1.165) is 31.2 Å². The van der Waals surface area contributed by atoms with Crippen LogP contribution in [-0.4, -0.2) is 28.9 Å². The standard InChI is InChI=1S/C23H26N4O3/c1-14(2)16-10-15(13-24)11-17(12-16)22(29)27-18-5-7-19(8-6-18)30-23-20(21(25)28)4-3-9-26-23/h3-4,9-12,14,18-19H,5-8H2,1-2H3,(H2,25,28)(H,27,29). The third-order valence-corrected chi connectivity index (χ3v) is 5.34. The first-order valence-corrected chi connectivity index (χ1v) is 10.1. The van der Waals surface area contributed by atoms with Crippen molar-refractivity contribution in [3.05, 3.63) is 58.8 Å². The van der Waals surface area contributed by atoms with Crippen LogP contribution in [0.25, 0.3) is 0 Å². The number of carbonyl (C=O) groups is 2. The van der Waals surface area contributed by atoms with Gasteiger partial charge in [0.15, 0.2) is 0 Å². The molecule has 0 saturated heterocycles. The maximum absolute atomic E-state index is 12.7. The number of hydrogen-bond acceptors (Lipinski definition) is 5. The summed E-state index contributed by atoms with van der Waals surface area (Å²) in [5, 5.41) is 12.3. The summed E-state index contributed by atoms with van der Waals surface area (Å²) in [5.74, 6) is -0.250. The first kappa shape index (κ1) is 21.3. The average Bonchev–Trinajstić information content (AvgIpc) is 2.74. The Morgan fingerprint density at radius 3 is 2.60 bits per heavy atom. The normalized spacial score (nSPS) is 18.5. The predicted octanol–water partition coefficient (Wildman–Crippen LogP) is 3.30. The SMILES string of the molecule is CC(C)c1cc(C#N)cc(C(=O)NC2CCC(Oc3ncccc3C(N)=O)CC2)c1. The van der Waals surface area contributed by atoms with E-state index < -0.39 is 5.91 Å². The quantitative estimate of drug-likeness (QED) is 0.763. The fraction of sp³-hybridized carbons (Fsp3) is 0.391. The summed E-state index contributed by atoms with van der Waals surface area (Å²) in [4.78, 5) is 28.4. The van der Waals surface area contributed by atoms with Crippen LogP contribution < -0.4 is 15.8 Å². The predicted molar refractivity (Wildman–Crippen MR) is 112 cm³/mol. The van der Waals surface area contributed by atoms with Crippen molar-refractivity contribution in [2.45, 2.75) is 57.6 Å². The molecule has 2 amide bonds. The highest BCUT2D eigenvalue weighted by Gasteiger charge is 2.25. The van der Waals surface area contributed by atoms with Gasteiger partial charge in [-0.05, 0) is 67.5 Å². The van der Waals surface area contributed by atoms with Gasteiger partial charge in [-0.3, -0.25) is 9.59 Å². The number of nitrogens with two attached hydrogens (primary N) is 1. The molecule has 0 bridgehead atoms. The zero-order valence-electron chi connectivity index (χ0n) is 17.2. The molecule has 3 rings (SSSR count). The second kappa shape index (κ2) is 9.40. The lowest BCUT2D eigenvalue weighted by Crippen LogP contribution is -2.40. The van der Waals surface area contributed by atoms with Crippen molar-refractivity contribution >= 4 is 11.8 Å². The Bertz CT molecular complexity index is 973. The molecule has 7 nitrogen and oxygen atoms in total. The number of amides is 2. The molecule has 156 valence electrons. The highest BCUT2D eigenvalue weighted by atomic mass is 16.5. The van der Waals surface area contributed by atoms with Gasteiger partial charge >= 0.3 is 0 Å². The van der Waals surface area contributed by atoms with Gasteiger partial charge in [0.05, 0.1) is 11.6 Å². The van der Waals surface area contributed by atoms with Crippen LogP contribution >= 0.6 is 0 Å². The van der Waals surface area contributed by atoms with Crippen LogP contribution in [0, 0.1) is 11.3 Å². The van der Waals surface area contributed by atoms with Gasteiger partial charge in [0.1, 0.15) is 11.7 Å². The molecule has 1 fully saturated rings. The summed E-state index contributed by atoms with van der Waals surface area (Å²) in [7, 11) is 0. The third kappa shape index (κ3) is 5.15. The van der Waals surface area contributed by atoms with Crippen molar-refractivity contribution in [2.24, 2.45) is 5.73 Å². The first-order valence-electron chi connectivity index (χ1n) is 10.1. The Morgan fingerprint density at radius 1 is 1.23 bits per heavy atom. The van der Waals surface area contributed by atoms with E-state index in [2.05, 4.69) is 16.4 Å². The fourth-order valence-electron chi connectivity index (χ4n) is 3.60. The Morgan fingerprint density at radius 2 is 1.97 bits per heavy atom. The van der Waals surface area contributed by atoms with Crippen molar-refractivity contribution in [3.8, 4) is 11.9 Å². The third-order valence-electron chi connectivity index (χ3n) is 5.34. The highest BCUT2D eigenvalue weighted by Crippen LogP contribution is 2.25. The molecule has 30 heavy (non-hydrogen) atoms. The van der Waals surface area contributed by atoms with Crippen molar-refractivity contribution in [1.82, 2.24) is 10.3 Å². The van der Waals surface area contributed by atoms with E-state index in [1.807, 2.05) is 26.0 Å². The van der Waals surface area contributed by atoms with Gasteiger partial charge in [-0.25, -0.2) is 4.98 Å². The molecule has 2 aromatic rings. The van der Waals surface area contributed by atoms with Gasteiger partial charge in [-0.2, -0.15) is 5.26 Å².